The number of hydrogen-bond donors (Lipinski definition) is 1. The molecule has 1 N–H and O–H groups in total. The summed E-state index contributed by atoms with van der Waals surface area (Å²) in [5.41, 5.74) is 1.22. The maximum absolute atomic E-state index is 10.9. The summed E-state index contributed by atoms with van der Waals surface area (Å²) < 4.78 is 5.70. The number of pyridine rings is 1. The van der Waals surface area contributed by atoms with Gasteiger partial charge in [-0.3, -0.25) is 4.98 Å². The molecule has 0 spiro atoms. The van der Waals surface area contributed by atoms with Crippen LogP contribution >= 0.6 is 0 Å². The van der Waals surface area contributed by atoms with Crippen LogP contribution in [0.2, 0.25) is 0 Å². The topological polar surface area (TPSA) is 71.4 Å². The Morgan fingerprint density at radius 2 is 2.08 bits per heavy atom. The highest BCUT2D eigenvalue weighted by molar-refractivity contribution is 5.57. The summed E-state index contributed by atoms with van der Waals surface area (Å²) in [4.78, 5) is 15.9. The molecule has 3 atom stereocenters. The maximum Gasteiger partial charge on any atom is 0.161 e. The summed E-state index contributed by atoms with van der Waals surface area (Å²) in [7, 11) is 0. The van der Waals surface area contributed by atoms with Crippen LogP contribution in [-0.2, 0) is 4.74 Å². The highest BCUT2D eigenvalue weighted by Crippen LogP contribution is 2.38. The third-order valence-electron chi connectivity index (χ3n) is 5.69. The van der Waals surface area contributed by atoms with Gasteiger partial charge < -0.3 is 14.7 Å². The first-order chi connectivity index (χ1) is 12.5. The first-order valence-corrected chi connectivity index (χ1v) is 9.37. The molecular formula is C20H26N4O2. The number of aryl methyl sites for hydroxylation is 1. The smallest absolute Gasteiger partial charge is 0.161 e. The summed E-state index contributed by atoms with van der Waals surface area (Å²) in [6.45, 7) is 6.14. The number of hydrogen-bond acceptors (Lipinski definition) is 6. The Kier molecular flexibility index (Phi) is 4.63. The number of rotatable bonds is 3. The van der Waals surface area contributed by atoms with E-state index >= 15 is 0 Å². The first-order valence-electron chi connectivity index (χ1n) is 9.37. The molecule has 0 amide bonds. The zero-order valence-corrected chi connectivity index (χ0v) is 15.4. The van der Waals surface area contributed by atoms with Gasteiger partial charge in [0.05, 0.1) is 12.2 Å². The average Bonchev–Trinajstić information content (AvgIpc) is 3.11. The SMILES string of the molecule is Cc1cc(N2CCC[C@@H]2[C@H]2COCC[C@]2(C)O)nc(-c2ccncc2)n1. The minimum Gasteiger partial charge on any atom is -0.390 e. The van der Waals surface area contributed by atoms with Crippen LogP contribution in [-0.4, -0.2) is 51.5 Å². The van der Waals surface area contributed by atoms with Crippen molar-refractivity contribution in [2.75, 3.05) is 24.7 Å². The molecule has 26 heavy (non-hydrogen) atoms. The summed E-state index contributed by atoms with van der Waals surface area (Å²) in [6, 6.07) is 6.14. The zero-order chi connectivity index (χ0) is 18.1. The molecule has 0 aromatic carbocycles. The molecule has 4 heterocycles. The molecule has 2 saturated heterocycles. The van der Waals surface area contributed by atoms with Gasteiger partial charge in [-0.2, -0.15) is 0 Å². The highest BCUT2D eigenvalue weighted by Gasteiger charge is 2.44. The van der Waals surface area contributed by atoms with Gasteiger partial charge in [-0.05, 0) is 45.2 Å². The molecule has 2 aliphatic rings. The number of nitrogens with zero attached hydrogens (tertiary/aromatic N) is 4. The van der Waals surface area contributed by atoms with Crippen molar-refractivity contribution in [2.45, 2.75) is 44.8 Å². The molecule has 138 valence electrons. The first kappa shape index (κ1) is 17.4. The van der Waals surface area contributed by atoms with Gasteiger partial charge in [-0.15, -0.1) is 0 Å². The van der Waals surface area contributed by atoms with Gasteiger partial charge in [0.2, 0.25) is 0 Å². The second-order valence-electron chi connectivity index (χ2n) is 7.62. The van der Waals surface area contributed by atoms with E-state index in [1.165, 1.54) is 0 Å². The standard InChI is InChI=1S/C20H26N4O2/c1-14-12-18(23-19(22-14)15-5-8-21-9-6-15)24-10-3-4-17(24)16-13-26-11-7-20(16,2)25/h5-6,8-9,12,16-17,25H,3-4,7,10-11,13H2,1-2H3/t16-,17-,20+/m1/s1. The molecule has 2 aliphatic heterocycles. The van der Waals surface area contributed by atoms with Crippen LogP contribution in [0.4, 0.5) is 5.82 Å². The second kappa shape index (κ2) is 6.93. The third-order valence-corrected chi connectivity index (χ3v) is 5.69. The Morgan fingerprint density at radius 3 is 2.85 bits per heavy atom. The molecule has 6 nitrogen and oxygen atoms in total. The molecule has 0 unspecified atom stereocenters. The fourth-order valence-corrected chi connectivity index (χ4v) is 4.20. The van der Waals surface area contributed by atoms with Crippen molar-refractivity contribution in [1.29, 1.82) is 0 Å². The van der Waals surface area contributed by atoms with Gasteiger partial charge in [-0.25, -0.2) is 9.97 Å². The van der Waals surface area contributed by atoms with E-state index in [1.54, 1.807) is 12.4 Å². The van der Waals surface area contributed by atoms with Gasteiger partial charge in [0.15, 0.2) is 5.82 Å². The molecule has 0 bridgehead atoms. The predicted molar refractivity (Wildman–Crippen MR) is 99.9 cm³/mol. The summed E-state index contributed by atoms with van der Waals surface area (Å²) in [5.74, 6) is 1.76. The van der Waals surface area contributed by atoms with Crippen molar-refractivity contribution < 1.29 is 9.84 Å². The molecule has 0 saturated carbocycles. The molecular weight excluding hydrogens is 328 g/mol. The normalized spacial score (nSPS) is 29.1. The lowest BCUT2D eigenvalue weighted by atomic mass is 9.79. The van der Waals surface area contributed by atoms with Gasteiger partial charge in [0, 0.05) is 54.8 Å². The van der Waals surface area contributed by atoms with Crippen molar-refractivity contribution in [3.8, 4) is 11.4 Å². The van der Waals surface area contributed by atoms with Gasteiger partial charge in [0.1, 0.15) is 5.82 Å². The van der Waals surface area contributed by atoms with Crippen molar-refractivity contribution in [3.05, 3.63) is 36.3 Å². The molecule has 6 heteroatoms. The zero-order valence-electron chi connectivity index (χ0n) is 15.4. The summed E-state index contributed by atoms with van der Waals surface area (Å²) in [6.07, 6.45) is 6.36. The Hall–Kier alpha value is -2.05. The molecule has 2 aromatic rings. The van der Waals surface area contributed by atoms with Crippen molar-refractivity contribution >= 4 is 5.82 Å². The van der Waals surface area contributed by atoms with Crippen LogP contribution in [0.25, 0.3) is 11.4 Å². The predicted octanol–water partition coefficient (Wildman–Crippen LogP) is 2.60. The van der Waals surface area contributed by atoms with Crippen LogP contribution in [0, 0.1) is 12.8 Å². The van der Waals surface area contributed by atoms with Crippen LogP contribution in [0.1, 0.15) is 31.9 Å². The molecule has 0 radical (unpaired) electrons. The second-order valence-corrected chi connectivity index (χ2v) is 7.62. The monoisotopic (exact) mass is 354 g/mol. The Balaban J connectivity index is 1.67. The number of aliphatic hydroxyl groups is 1. The largest absolute Gasteiger partial charge is 0.390 e. The van der Waals surface area contributed by atoms with E-state index in [2.05, 4.69) is 14.9 Å². The summed E-state index contributed by atoms with van der Waals surface area (Å²) >= 11 is 0. The Morgan fingerprint density at radius 1 is 1.27 bits per heavy atom. The average molecular weight is 354 g/mol. The molecule has 2 aromatic heterocycles. The minimum absolute atomic E-state index is 0.0957. The van der Waals surface area contributed by atoms with E-state index in [1.807, 2.05) is 32.0 Å². The number of anilines is 1. The lowest BCUT2D eigenvalue weighted by molar-refractivity contribution is -0.108. The van der Waals surface area contributed by atoms with Crippen LogP contribution in [0.5, 0.6) is 0 Å². The van der Waals surface area contributed by atoms with Crippen LogP contribution < -0.4 is 4.90 Å². The van der Waals surface area contributed by atoms with Gasteiger partial charge in [-0.1, -0.05) is 0 Å². The third kappa shape index (κ3) is 3.31. The van der Waals surface area contributed by atoms with Gasteiger partial charge in [0.25, 0.3) is 0 Å². The Bertz CT molecular complexity index is 766. The van der Waals surface area contributed by atoms with E-state index in [4.69, 9.17) is 9.72 Å². The van der Waals surface area contributed by atoms with Crippen molar-refractivity contribution in [2.24, 2.45) is 5.92 Å². The van der Waals surface area contributed by atoms with E-state index in [0.717, 1.165) is 42.3 Å². The fraction of sp³-hybridized carbons (Fsp3) is 0.550. The maximum atomic E-state index is 10.9. The molecule has 4 rings (SSSR count). The van der Waals surface area contributed by atoms with Crippen LogP contribution in [0.15, 0.2) is 30.6 Å². The van der Waals surface area contributed by atoms with Crippen molar-refractivity contribution in [1.82, 2.24) is 15.0 Å². The summed E-state index contributed by atoms with van der Waals surface area (Å²) in [5, 5.41) is 10.9. The number of ether oxygens (including phenoxy) is 1. The Labute approximate surface area is 154 Å². The quantitative estimate of drug-likeness (QED) is 0.913. The highest BCUT2D eigenvalue weighted by atomic mass is 16.5. The minimum atomic E-state index is -0.693. The number of aromatic nitrogens is 3. The van der Waals surface area contributed by atoms with E-state index < -0.39 is 5.60 Å². The van der Waals surface area contributed by atoms with E-state index in [-0.39, 0.29) is 12.0 Å². The van der Waals surface area contributed by atoms with Gasteiger partial charge >= 0.3 is 0 Å². The molecule has 2 fully saturated rings. The van der Waals surface area contributed by atoms with E-state index in [9.17, 15) is 5.11 Å². The fourth-order valence-electron chi connectivity index (χ4n) is 4.20. The lowest BCUT2D eigenvalue weighted by Gasteiger charge is -2.43. The van der Waals surface area contributed by atoms with Crippen LogP contribution in [0.3, 0.4) is 0 Å². The van der Waals surface area contributed by atoms with E-state index in [0.29, 0.717) is 19.6 Å². The van der Waals surface area contributed by atoms with Crippen molar-refractivity contribution in [3.63, 3.8) is 0 Å². The lowest BCUT2D eigenvalue weighted by Crippen LogP contribution is -2.52. The molecule has 0 aliphatic carbocycles.